The number of aliphatic carboxylic acids is 1. The van der Waals surface area contributed by atoms with Crippen LogP contribution >= 0.6 is 0 Å². The molecule has 1 aromatic rings. The third-order valence-electron chi connectivity index (χ3n) is 2.25. The van der Waals surface area contributed by atoms with E-state index in [-0.39, 0.29) is 17.7 Å². The van der Waals surface area contributed by atoms with Gasteiger partial charge in [-0.2, -0.15) is 13.5 Å². The molecule has 19 heavy (non-hydrogen) atoms. The van der Waals surface area contributed by atoms with Crippen molar-refractivity contribution in [2.75, 3.05) is 5.73 Å². The number of anilines is 1. The number of hydrazone groups is 1. The minimum absolute atomic E-state index is 0.0384. The number of benzene rings is 1. The largest absolute Gasteiger partial charge is 0.481 e. The predicted octanol–water partition coefficient (Wildman–Crippen LogP) is 0.788. The maximum atomic E-state index is 11.8. The van der Waals surface area contributed by atoms with Crippen LogP contribution in [0.2, 0.25) is 0 Å². The molecule has 0 aromatic heterocycles. The highest BCUT2D eigenvalue weighted by molar-refractivity contribution is 7.89. The van der Waals surface area contributed by atoms with E-state index in [9.17, 15) is 13.2 Å². The summed E-state index contributed by atoms with van der Waals surface area (Å²) in [5.41, 5.74) is 6.31. The Hall–Kier alpha value is -2.09. The van der Waals surface area contributed by atoms with Crippen LogP contribution in [0.3, 0.4) is 0 Å². The second kappa shape index (κ2) is 6.19. The third-order valence-corrected chi connectivity index (χ3v) is 3.47. The van der Waals surface area contributed by atoms with Crippen LogP contribution in [0.4, 0.5) is 5.69 Å². The van der Waals surface area contributed by atoms with Crippen molar-refractivity contribution in [1.29, 1.82) is 0 Å². The Morgan fingerprint density at radius 1 is 1.32 bits per heavy atom. The number of nitrogens with zero attached hydrogens (tertiary/aromatic N) is 1. The van der Waals surface area contributed by atoms with Gasteiger partial charge in [-0.1, -0.05) is 0 Å². The van der Waals surface area contributed by atoms with Crippen LogP contribution in [0.25, 0.3) is 0 Å². The van der Waals surface area contributed by atoms with E-state index in [0.717, 1.165) is 0 Å². The Morgan fingerprint density at radius 3 is 2.42 bits per heavy atom. The molecule has 0 atom stereocenters. The first kappa shape index (κ1) is 15.0. The molecule has 0 radical (unpaired) electrons. The third kappa shape index (κ3) is 4.96. The molecule has 1 rings (SSSR count). The van der Waals surface area contributed by atoms with E-state index in [0.29, 0.717) is 11.4 Å². The van der Waals surface area contributed by atoms with Gasteiger partial charge in [0.05, 0.1) is 11.3 Å². The van der Waals surface area contributed by atoms with Crippen molar-refractivity contribution >= 4 is 27.4 Å². The second-order valence-electron chi connectivity index (χ2n) is 3.90. The molecule has 0 saturated heterocycles. The Kier molecular flexibility index (Phi) is 4.87. The molecule has 104 valence electrons. The molecule has 0 aliphatic carbocycles. The highest BCUT2D eigenvalue weighted by atomic mass is 32.2. The molecule has 0 spiro atoms. The molecule has 0 bridgehead atoms. The summed E-state index contributed by atoms with van der Waals surface area (Å²) >= 11 is 0. The molecule has 0 unspecified atom stereocenters. The van der Waals surface area contributed by atoms with Gasteiger partial charge in [0.2, 0.25) is 0 Å². The zero-order chi connectivity index (χ0) is 14.5. The van der Waals surface area contributed by atoms with Gasteiger partial charge in [0, 0.05) is 11.4 Å². The SMILES string of the molecule is C/C(CCC(=O)O)=N/NS(=O)(=O)c1ccc(N)cc1. The Morgan fingerprint density at radius 2 is 1.89 bits per heavy atom. The smallest absolute Gasteiger partial charge is 0.303 e. The van der Waals surface area contributed by atoms with Crippen LogP contribution in [0.1, 0.15) is 19.8 Å². The molecule has 1 aromatic carbocycles. The minimum atomic E-state index is -3.75. The van der Waals surface area contributed by atoms with Crippen LogP contribution in [0.15, 0.2) is 34.3 Å². The first-order chi connectivity index (χ1) is 8.81. The standard InChI is InChI=1S/C11H15N3O4S/c1-8(2-7-11(15)16)13-14-19(17,18)10-5-3-9(12)4-6-10/h3-6,14H,2,7,12H2,1H3,(H,15,16)/b13-8-. The van der Waals surface area contributed by atoms with Crippen LogP contribution in [0.5, 0.6) is 0 Å². The van der Waals surface area contributed by atoms with Crippen LogP contribution in [0, 0.1) is 0 Å². The van der Waals surface area contributed by atoms with Crippen LogP contribution in [-0.4, -0.2) is 25.2 Å². The molecule has 4 N–H and O–H groups in total. The summed E-state index contributed by atoms with van der Waals surface area (Å²) in [7, 11) is -3.75. The number of carboxylic acids is 1. The number of carbonyl (C=O) groups is 1. The number of hydrogen-bond acceptors (Lipinski definition) is 5. The fourth-order valence-electron chi connectivity index (χ4n) is 1.18. The van der Waals surface area contributed by atoms with Crippen molar-refractivity contribution in [3.8, 4) is 0 Å². The summed E-state index contributed by atoms with van der Waals surface area (Å²) in [6, 6.07) is 5.66. The fraction of sp³-hybridized carbons (Fsp3) is 0.273. The van der Waals surface area contributed by atoms with Crippen molar-refractivity contribution in [2.45, 2.75) is 24.7 Å². The zero-order valence-corrected chi connectivity index (χ0v) is 11.1. The van der Waals surface area contributed by atoms with E-state index in [2.05, 4.69) is 5.10 Å². The van der Waals surface area contributed by atoms with Gasteiger partial charge < -0.3 is 10.8 Å². The highest BCUT2D eigenvalue weighted by Crippen LogP contribution is 2.11. The Balaban J connectivity index is 2.72. The first-order valence-corrected chi connectivity index (χ1v) is 6.92. The fourth-order valence-corrected chi connectivity index (χ4v) is 2.06. The lowest BCUT2D eigenvalue weighted by Gasteiger charge is -2.05. The summed E-state index contributed by atoms with van der Waals surface area (Å²) < 4.78 is 23.6. The number of nitrogen functional groups attached to an aromatic ring is 1. The van der Waals surface area contributed by atoms with E-state index in [1.165, 1.54) is 24.3 Å². The quantitative estimate of drug-likeness (QED) is 0.405. The van der Waals surface area contributed by atoms with Gasteiger partial charge in [-0.3, -0.25) is 4.79 Å². The van der Waals surface area contributed by atoms with Crippen LogP contribution < -0.4 is 10.6 Å². The number of nitrogens with one attached hydrogen (secondary N) is 1. The monoisotopic (exact) mass is 285 g/mol. The average molecular weight is 285 g/mol. The minimum Gasteiger partial charge on any atom is -0.481 e. The molecule has 8 heteroatoms. The average Bonchev–Trinajstić information content (AvgIpc) is 2.34. The zero-order valence-electron chi connectivity index (χ0n) is 10.3. The van der Waals surface area contributed by atoms with Crippen molar-refractivity contribution in [3.05, 3.63) is 24.3 Å². The van der Waals surface area contributed by atoms with Gasteiger partial charge in [-0.05, 0) is 37.6 Å². The molecule has 0 aliphatic heterocycles. The van der Waals surface area contributed by atoms with Crippen molar-refractivity contribution in [2.24, 2.45) is 5.10 Å². The summed E-state index contributed by atoms with van der Waals surface area (Å²) in [5.74, 6) is -0.962. The maximum absolute atomic E-state index is 11.8. The van der Waals surface area contributed by atoms with Gasteiger partial charge >= 0.3 is 5.97 Å². The topological polar surface area (TPSA) is 122 Å². The normalized spacial score (nSPS) is 12.2. The van der Waals surface area contributed by atoms with E-state index >= 15 is 0 Å². The molecule has 0 fully saturated rings. The molecular weight excluding hydrogens is 270 g/mol. The number of hydrogen-bond donors (Lipinski definition) is 3. The van der Waals surface area contributed by atoms with Gasteiger partial charge in [-0.25, -0.2) is 4.83 Å². The number of rotatable bonds is 6. The van der Waals surface area contributed by atoms with Crippen LogP contribution in [-0.2, 0) is 14.8 Å². The number of carboxylic acid groups (broad SMARTS) is 1. The summed E-state index contributed by atoms with van der Waals surface area (Å²) in [4.78, 5) is 12.4. The van der Waals surface area contributed by atoms with E-state index in [1.54, 1.807) is 6.92 Å². The van der Waals surface area contributed by atoms with Gasteiger partial charge in [-0.15, -0.1) is 0 Å². The lowest BCUT2D eigenvalue weighted by Crippen LogP contribution is -2.19. The number of sulfonamides is 1. The predicted molar refractivity (Wildman–Crippen MR) is 71.2 cm³/mol. The van der Waals surface area contributed by atoms with Gasteiger partial charge in [0.1, 0.15) is 0 Å². The molecule has 0 aliphatic rings. The molecule has 0 heterocycles. The van der Waals surface area contributed by atoms with Crippen molar-refractivity contribution in [1.82, 2.24) is 4.83 Å². The van der Waals surface area contributed by atoms with Crippen molar-refractivity contribution < 1.29 is 18.3 Å². The second-order valence-corrected chi connectivity index (χ2v) is 5.57. The molecule has 0 amide bonds. The summed E-state index contributed by atoms with van der Waals surface area (Å²) in [6.07, 6.45) is 0.0819. The molecule has 0 saturated carbocycles. The lowest BCUT2D eigenvalue weighted by atomic mass is 10.2. The number of nitrogens with two attached hydrogens (primary N) is 1. The van der Waals surface area contributed by atoms with Gasteiger partial charge in [0.15, 0.2) is 0 Å². The molecular formula is C11H15N3O4S. The van der Waals surface area contributed by atoms with Crippen molar-refractivity contribution in [3.63, 3.8) is 0 Å². The first-order valence-electron chi connectivity index (χ1n) is 5.43. The molecule has 7 nitrogen and oxygen atoms in total. The van der Waals surface area contributed by atoms with E-state index in [4.69, 9.17) is 10.8 Å². The Labute approximate surface area is 111 Å². The highest BCUT2D eigenvalue weighted by Gasteiger charge is 2.12. The summed E-state index contributed by atoms with van der Waals surface area (Å²) in [6.45, 7) is 1.55. The van der Waals surface area contributed by atoms with E-state index < -0.39 is 16.0 Å². The maximum Gasteiger partial charge on any atom is 0.303 e. The lowest BCUT2D eigenvalue weighted by molar-refractivity contribution is -0.136. The van der Waals surface area contributed by atoms with Gasteiger partial charge in [0.25, 0.3) is 10.0 Å². The Bertz CT molecular complexity index is 578. The van der Waals surface area contributed by atoms with E-state index in [1.807, 2.05) is 4.83 Å². The summed E-state index contributed by atoms with van der Waals surface area (Å²) in [5, 5.41) is 12.1.